The minimum Gasteiger partial charge on any atom is -0.364 e. The van der Waals surface area contributed by atoms with Crippen molar-refractivity contribution < 1.29 is 9.18 Å². The predicted molar refractivity (Wildman–Crippen MR) is 52.4 cm³/mol. The Labute approximate surface area is 89.1 Å². The molecule has 0 unspecified atom stereocenters. The van der Waals surface area contributed by atoms with Crippen molar-refractivity contribution in [1.29, 1.82) is 0 Å². The summed E-state index contributed by atoms with van der Waals surface area (Å²) in [5.41, 5.74) is 5.51. The normalized spacial score (nSPS) is 9.15. The second-order valence-electron chi connectivity index (χ2n) is 2.29. The van der Waals surface area contributed by atoms with E-state index in [9.17, 15) is 9.18 Å². The Hall–Kier alpha value is -0.680. The number of aromatic nitrogens is 1. The maximum absolute atomic E-state index is 12.8. The van der Waals surface area contributed by atoms with E-state index in [2.05, 4.69) is 20.9 Å². The lowest BCUT2D eigenvalue weighted by molar-refractivity contribution is 0.0994. The topological polar surface area (TPSA) is 56.0 Å². The van der Waals surface area contributed by atoms with Crippen molar-refractivity contribution in [2.24, 2.45) is 5.73 Å². The van der Waals surface area contributed by atoms with Gasteiger partial charge in [0, 0.05) is 0 Å². The Bertz CT molecular complexity index is 346. The lowest BCUT2D eigenvalue weighted by Gasteiger charge is -2.01. The minimum atomic E-state index is -0.659. The molecule has 0 aliphatic rings. The number of primary amides is 1. The molecule has 0 atom stereocenters. The van der Waals surface area contributed by atoms with Crippen molar-refractivity contribution in [3.63, 3.8) is 0 Å². The zero-order chi connectivity index (χ0) is 9.30. The number of pyridine rings is 1. The lowest BCUT2D eigenvalue weighted by Crippen LogP contribution is -2.15. The molecule has 0 aromatic carbocycles. The van der Waals surface area contributed by atoms with Gasteiger partial charge in [0.2, 0.25) is 0 Å². The van der Waals surface area contributed by atoms with E-state index in [0.717, 1.165) is 0 Å². The van der Waals surface area contributed by atoms with E-state index >= 15 is 0 Å². The first-order valence-electron chi connectivity index (χ1n) is 3.15. The number of halogens is 3. The Kier molecular flexibility index (Phi) is 4.29. The van der Waals surface area contributed by atoms with Gasteiger partial charge in [-0.1, -0.05) is 0 Å². The van der Waals surface area contributed by atoms with Crippen LogP contribution >= 0.6 is 28.3 Å². The van der Waals surface area contributed by atoms with Gasteiger partial charge in [0.25, 0.3) is 5.91 Å². The van der Waals surface area contributed by atoms with Gasteiger partial charge in [-0.15, -0.1) is 12.4 Å². The van der Waals surface area contributed by atoms with Crippen molar-refractivity contribution in [1.82, 2.24) is 4.98 Å². The fourth-order valence-electron chi connectivity index (χ4n) is 0.807. The molecule has 1 rings (SSSR count). The average Bonchev–Trinajstić information content (AvgIpc) is 1.96. The molecule has 0 saturated carbocycles. The Morgan fingerprint density at radius 3 is 2.69 bits per heavy atom. The standard InChI is InChI=1S/C7H6BrFN2O.ClH/c1-3-2-4(9)6(8)11-5(3)7(10)12;/h2H,1H3,(H2,10,12);1H. The first-order chi connectivity index (χ1) is 5.52. The third-order valence-corrected chi connectivity index (χ3v) is 1.91. The van der Waals surface area contributed by atoms with E-state index in [1.165, 1.54) is 6.07 Å². The molecule has 3 nitrogen and oxygen atoms in total. The SMILES string of the molecule is Cc1cc(F)c(Br)nc1C(N)=O.Cl. The summed E-state index contributed by atoms with van der Waals surface area (Å²) in [5, 5.41) is 0. The number of amides is 1. The van der Waals surface area contributed by atoms with E-state index < -0.39 is 11.7 Å². The largest absolute Gasteiger partial charge is 0.364 e. The molecule has 72 valence electrons. The summed E-state index contributed by atoms with van der Waals surface area (Å²) in [6.07, 6.45) is 0. The van der Waals surface area contributed by atoms with Crippen LogP contribution in [0.25, 0.3) is 0 Å². The summed E-state index contributed by atoms with van der Waals surface area (Å²) in [4.78, 5) is 14.3. The van der Waals surface area contributed by atoms with Crippen molar-refractivity contribution >= 4 is 34.2 Å². The zero-order valence-electron chi connectivity index (χ0n) is 6.67. The minimum absolute atomic E-state index is 0. The van der Waals surface area contributed by atoms with Gasteiger partial charge < -0.3 is 5.73 Å². The molecule has 13 heavy (non-hydrogen) atoms. The molecule has 0 aliphatic heterocycles. The van der Waals surface area contributed by atoms with E-state index in [-0.39, 0.29) is 22.7 Å². The summed E-state index contributed by atoms with van der Waals surface area (Å²) in [6, 6.07) is 1.21. The third kappa shape index (κ3) is 2.63. The highest BCUT2D eigenvalue weighted by Crippen LogP contribution is 2.15. The molecule has 0 saturated heterocycles. The Morgan fingerprint density at radius 2 is 2.23 bits per heavy atom. The monoisotopic (exact) mass is 268 g/mol. The van der Waals surface area contributed by atoms with Gasteiger partial charge in [-0.05, 0) is 34.5 Å². The van der Waals surface area contributed by atoms with Crippen LogP contribution < -0.4 is 5.73 Å². The number of carbonyl (C=O) groups excluding carboxylic acids is 1. The van der Waals surface area contributed by atoms with Gasteiger partial charge in [0.05, 0.1) is 0 Å². The molecule has 0 fully saturated rings. The maximum atomic E-state index is 12.8. The second kappa shape index (κ2) is 4.53. The molecule has 0 aliphatic carbocycles. The van der Waals surface area contributed by atoms with Crippen LogP contribution in [0.1, 0.15) is 16.1 Å². The quantitative estimate of drug-likeness (QED) is 0.791. The molecule has 0 radical (unpaired) electrons. The van der Waals surface area contributed by atoms with Gasteiger partial charge in [0.1, 0.15) is 10.3 Å². The number of hydrogen-bond donors (Lipinski definition) is 1. The van der Waals surface area contributed by atoms with Crippen LogP contribution in [-0.2, 0) is 0 Å². The first kappa shape index (κ1) is 12.3. The van der Waals surface area contributed by atoms with Gasteiger partial charge in [-0.2, -0.15) is 0 Å². The van der Waals surface area contributed by atoms with Crippen molar-refractivity contribution in [2.75, 3.05) is 0 Å². The number of nitrogens with two attached hydrogens (primary N) is 1. The van der Waals surface area contributed by atoms with E-state index in [0.29, 0.717) is 5.56 Å². The highest BCUT2D eigenvalue weighted by molar-refractivity contribution is 9.10. The molecule has 1 heterocycles. The predicted octanol–water partition coefficient (Wildman–Crippen LogP) is 1.81. The second-order valence-corrected chi connectivity index (χ2v) is 3.04. The number of aryl methyl sites for hydroxylation is 1. The number of hydrogen-bond acceptors (Lipinski definition) is 2. The Morgan fingerprint density at radius 1 is 1.69 bits per heavy atom. The van der Waals surface area contributed by atoms with Gasteiger partial charge in [-0.3, -0.25) is 4.79 Å². The summed E-state index contributed by atoms with van der Waals surface area (Å²) in [5.74, 6) is -1.16. The van der Waals surface area contributed by atoms with Crippen LogP contribution in [0.3, 0.4) is 0 Å². The summed E-state index contributed by atoms with van der Waals surface area (Å²) < 4.78 is 12.8. The molecule has 2 N–H and O–H groups in total. The van der Waals surface area contributed by atoms with Crippen LogP contribution in [0.5, 0.6) is 0 Å². The van der Waals surface area contributed by atoms with Gasteiger partial charge in [0.15, 0.2) is 5.82 Å². The number of rotatable bonds is 1. The third-order valence-electron chi connectivity index (χ3n) is 1.36. The zero-order valence-corrected chi connectivity index (χ0v) is 9.08. The molecule has 1 amide bonds. The molecule has 6 heteroatoms. The van der Waals surface area contributed by atoms with Crippen LogP contribution in [-0.4, -0.2) is 10.9 Å². The van der Waals surface area contributed by atoms with Crippen LogP contribution in [0.2, 0.25) is 0 Å². The number of nitrogens with zero attached hydrogens (tertiary/aromatic N) is 1. The summed E-state index contributed by atoms with van der Waals surface area (Å²) in [7, 11) is 0. The molecular formula is C7H7BrClFN2O. The van der Waals surface area contributed by atoms with Crippen molar-refractivity contribution in [3.8, 4) is 0 Å². The fraction of sp³-hybridized carbons (Fsp3) is 0.143. The highest BCUT2D eigenvalue weighted by atomic mass is 79.9. The lowest BCUT2D eigenvalue weighted by atomic mass is 10.2. The number of carbonyl (C=O) groups is 1. The van der Waals surface area contributed by atoms with Crippen molar-refractivity contribution in [3.05, 3.63) is 27.7 Å². The van der Waals surface area contributed by atoms with Gasteiger partial charge >= 0.3 is 0 Å². The molecule has 1 aromatic rings. The summed E-state index contributed by atoms with van der Waals surface area (Å²) >= 11 is 2.85. The van der Waals surface area contributed by atoms with Crippen LogP contribution in [0.4, 0.5) is 4.39 Å². The van der Waals surface area contributed by atoms with Crippen LogP contribution in [0, 0.1) is 12.7 Å². The molecule has 1 aromatic heterocycles. The van der Waals surface area contributed by atoms with E-state index in [1.54, 1.807) is 6.92 Å². The molecular weight excluding hydrogens is 262 g/mol. The van der Waals surface area contributed by atoms with Crippen molar-refractivity contribution in [2.45, 2.75) is 6.92 Å². The summed E-state index contributed by atoms with van der Waals surface area (Å²) in [6.45, 7) is 1.57. The van der Waals surface area contributed by atoms with E-state index in [1.807, 2.05) is 0 Å². The maximum Gasteiger partial charge on any atom is 0.267 e. The van der Waals surface area contributed by atoms with E-state index in [4.69, 9.17) is 5.73 Å². The smallest absolute Gasteiger partial charge is 0.267 e. The van der Waals surface area contributed by atoms with Crippen LogP contribution in [0.15, 0.2) is 10.7 Å². The Balaban J connectivity index is 0.00000144. The highest BCUT2D eigenvalue weighted by Gasteiger charge is 2.10. The fourth-order valence-corrected chi connectivity index (χ4v) is 1.10. The molecule has 0 spiro atoms. The molecule has 0 bridgehead atoms. The first-order valence-corrected chi connectivity index (χ1v) is 3.94. The average molecular weight is 270 g/mol. The van der Waals surface area contributed by atoms with Gasteiger partial charge in [-0.25, -0.2) is 9.37 Å².